The fourth-order valence-corrected chi connectivity index (χ4v) is 1.78. The van der Waals surface area contributed by atoms with Crippen molar-refractivity contribution in [1.29, 1.82) is 0 Å². The molecule has 0 aliphatic rings. The van der Waals surface area contributed by atoms with Gasteiger partial charge in [0.2, 0.25) is 5.82 Å². The molecule has 108 valence electrons. The monoisotopic (exact) mass is 268 g/mol. The Morgan fingerprint density at radius 1 is 1.32 bits per heavy atom. The third kappa shape index (κ3) is 5.19. The molecule has 1 rings (SSSR count). The van der Waals surface area contributed by atoms with Crippen molar-refractivity contribution in [3.8, 4) is 5.88 Å². The number of nitrogens with two attached hydrogens (primary N) is 1. The molecule has 0 spiro atoms. The molecule has 6 heteroatoms. The van der Waals surface area contributed by atoms with Crippen molar-refractivity contribution in [2.45, 2.75) is 46.0 Å². The van der Waals surface area contributed by atoms with Gasteiger partial charge in [0.15, 0.2) is 0 Å². The van der Waals surface area contributed by atoms with Gasteiger partial charge in [-0.2, -0.15) is 0 Å². The van der Waals surface area contributed by atoms with Gasteiger partial charge in [-0.3, -0.25) is 0 Å². The number of nitrogen functional groups attached to an aromatic ring is 1. The highest BCUT2D eigenvalue weighted by atomic mass is 16.5. The molecule has 0 saturated heterocycles. The van der Waals surface area contributed by atoms with Crippen LogP contribution in [0, 0.1) is 5.21 Å². The molecular formula is C13H24N4O2. The molecule has 0 atom stereocenters. The molecule has 0 radical (unpaired) electrons. The Bertz CT molecular complexity index is 385. The second-order valence-electron chi connectivity index (χ2n) is 4.41. The summed E-state index contributed by atoms with van der Waals surface area (Å²) in [4.78, 5) is 3.86. The van der Waals surface area contributed by atoms with E-state index >= 15 is 0 Å². The number of rotatable bonds is 9. The van der Waals surface area contributed by atoms with Gasteiger partial charge in [-0.15, -0.1) is 0 Å². The van der Waals surface area contributed by atoms with E-state index < -0.39 is 0 Å². The van der Waals surface area contributed by atoms with Crippen LogP contribution in [0.5, 0.6) is 5.88 Å². The molecule has 1 aromatic rings. The molecule has 0 saturated carbocycles. The van der Waals surface area contributed by atoms with Gasteiger partial charge in [0.05, 0.1) is 12.7 Å². The highest BCUT2D eigenvalue weighted by Gasteiger charge is 2.10. The largest absolute Gasteiger partial charge is 0.754 e. The van der Waals surface area contributed by atoms with E-state index in [1.165, 1.54) is 25.7 Å². The molecule has 0 bridgehead atoms. The first kappa shape index (κ1) is 15.3. The predicted octanol–water partition coefficient (Wildman–Crippen LogP) is 2.08. The van der Waals surface area contributed by atoms with Crippen molar-refractivity contribution >= 4 is 11.8 Å². The fourth-order valence-electron chi connectivity index (χ4n) is 1.78. The van der Waals surface area contributed by atoms with Gasteiger partial charge in [0.1, 0.15) is 0 Å². The number of nitrogens with one attached hydrogen (secondary N) is 1. The SMILES string of the molecule is CCCCCCCNc1cc(OCC)nc(N)[n+]1[O-]. The van der Waals surface area contributed by atoms with Gasteiger partial charge >= 0.3 is 5.95 Å². The van der Waals surface area contributed by atoms with Crippen molar-refractivity contribution in [3.05, 3.63) is 11.3 Å². The van der Waals surface area contributed by atoms with Crippen LogP contribution in [0.3, 0.4) is 0 Å². The smallest absolute Gasteiger partial charge is 0.347 e. The molecule has 0 unspecified atom stereocenters. The lowest BCUT2D eigenvalue weighted by Crippen LogP contribution is -2.36. The molecule has 0 fully saturated rings. The van der Waals surface area contributed by atoms with Crippen LogP contribution in [0.1, 0.15) is 46.0 Å². The van der Waals surface area contributed by atoms with Crippen molar-refractivity contribution in [3.63, 3.8) is 0 Å². The second kappa shape index (κ2) is 8.39. The maximum absolute atomic E-state index is 11.7. The number of hydrogen-bond donors (Lipinski definition) is 2. The lowest BCUT2D eigenvalue weighted by atomic mass is 10.1. The van der Waals surface area contributed by atoms with Crippen molar-refractivity contribution < 1.29 is 9.47 Å². The summed E-state index contributed by atoms with van der Waals surface area (Å²) in [6.07, 6.45) is 5.92. The van der Waals surface area contributed by atoms with Gasteiger partial charge in [-0.25, -0.2) is 4.73 Å². The number of unbranched alkanes of at least 4 members (excludes halogenated alkanes) is 4. The van der Waals surface area contributed by atoms with Crippen LogP contribution in [0.25, 0.3) is 0 Å². The Morgan fingerprint density at radius 3 is 2.74 bits per heavy atom. The van der Waals surface area contributed by atoms with Crippen LogP contribution >= 0.6 is 0 Å². The molecule has 0 aliphatic carbocycles. The molecule has 1 heterocycles. The van der Waals surface area contributed by atoms with Crippen LogP contribution in [0.2, 0.25) is 0 Å². The normalized spacial score (nSPS) is 10.4. The number of anilines is 2. The third-order valence-corrected chi connectivity index (χ3v) is 2.79. The topological polar surface area (TPSA) is 87.1 Å². The summed E-state index contributed by atoms with van der Waals surface area (Å²) in [5.41, 5.74) is 5.54. The fraction of sp³-hybridized carbons (Fsp3) is 0.692. The number of hydrogen-bond acceptors (Lipinski definition) is 5. The van der Waals surface area contributed by atoms with E-state index in [2.05, 4.69) is 17.2 Å². The standard InChI is InChI=1S/C13H24N4O2/c1-3-5-6-7-8-9-15-11-10-12(19-4-2)16-13(14)17(11)18/h10,15H,3-9H2,1-2H3,(H2,14,16). The number of nitrogens with zero attached hydrogens (tertiary/aromatic N) is 2. The zero-order chi connectivity index (χ0) is 14.1. The maximum atomic E-state index is 11.7. The molecule has 1 aromatic heterocycles. The Morgan fingerprint density at radius 2 is 2.05 bits per heavy atom. The van der Waals surface area contributed by atoms with E-state index in [0.29, 0.717) is 23.0 Å². The van der Waals surface area contributed by atoms with Crippen LogP contribution in [0.4, 0.5) is 11.8 Å². The molecule has 0 amide bonds. The third-order valence-electron chi connectivity index (χ3n) is 2.79. The molecule has 6 nitrogen and oxygen atoms in total. The molecule has 0 aliphatic heterocycles. The van der Waals surface area contributed by atoms with Gasteiger partial charge in [0.25, 0.3) is 5.88 Å². The van der Waals surface area contributed by atoms with Crippen molar-refractivity contribution in [2.75, 3.05) is 24.2 Å². The van der Waals surface area contributed by atoms with Crippen LogP contribution in [-0.4, -0.2) is 18.1 Å². The van der Waals surface area contributed by atoms with E-state index in [0.717, 1.165) is 13.0 Å². The zero-order valence-electron chi connectivity index (χ0n) is 11.8. The lowest BCUT2D eigenvalue weighted by molar-refractivity contribution is -0.577. The zero-order valence-corrected chi connectivity index (χ0v) is 11.8. The van der Waals surface area contributed by atoms with E-state index in [1.807, 2.05) is 6.92 Å². The van der Waals surface area contributed by atoms with Crippen molar-refractivity contribution in [2.24, 2.45) is 0 Å². The van der Waals surface area contributed by atoms with Gasteiger partial charge in [-0.05, 0) is 13.3 Å². The van der Waals surface area contributed by atoms with E-state index in [9.17, 15) is 5.21 Å². The molecule has 19 heavy (non-hydrogen) atoms. The minimum absolute atomic E-state index is 0.0977. The van der Waals surface area contributed by atoms with Crippen LogP contribution < -0.4 is 20.5 Å². The first-order chi connectivity index (χ1) is 9.19. The summed E-state index contributed by atoms with van der Waals surface area (Å²) in [5, 5.41) is 14.8. The highest BCUT2D eigenvalue weighted by Crippen LogP contribution is 2.13. The Labute approximate surface area is 114 Å². The number of ether oxygens (including phenoxy) is 1. The summed E-state index contributed by atoms with van der Waals surface area (Å²) in [6, 6.07) is 1.58. The van der Waals surface area contributed by atoms with Gasteiger partial charge in [-0.1, -0.05) is 37.6 Å². The van der Waals surface area contributed by atoms with Crippen LogP contribution in [-0.2, 0) is 0 Å². The highest BCUT2D eigenvalue weighted by molar-refractivity contribution is 5.36. The Hall–Kier alpha value is -1.72. The summed E-state index contributed by atoms with van der Waals surface area (Å²) in [5.74, 6) is 0.673. The maximum Gasteiger partial charge on any atom is 0.347 e. The van der Waals surface area contributed by atoms with E-state index in [-0.39, 0.29) is 5.95 Å². The minimum Gasteiger partial charge on any atom is -0.754 e. The molecular weight excluding hydrogens is 244 g/mol. The first-order valence-electron chi connectivity index (χ1n) is 6.95. The average molecular weight is 268 g/mol. The average Bonchev–Trinajstić information content (AvgIpc) is 2.39. The van der Waals surface area contributed by atoms with Gasteiger partial charge in [0, 0.05) is 6.54 Å². The van der Waals surface area contributed by atoms with Crippen LogP contribution in [0.15, 0.2) is 6.07 Å². The van der Waals surface area contributed by atoms with E-state index in [4.69, 9.17) is 10.5 Å². The summed E-state index contributed by atoms with van der Waals surface area (Å²) in [7, 11) is 0. The molecule has 3 N–H and O–H groups in total. The number of aromatic nitrogens is 2. The summed E-state index contributed by atoms with van der Waals surface area (Å²) in [6.45, 7) is 5.29. The minimum atomic E-state index is -0.0977. The quantitative estimate of drug-likeness (QED) is 0.407. The van der Waals surface area contributed by atoms with Crippen molar-refractivity contribution in [1.82, 2.24) is 4.98 Å². The second-order valence-corrected chi connectivity index (χ2v) is 4.41. The first-order valence-corrected chi connectivity index (χ1v) is 6.95. The lowest BCUT2D eigenvalue weighted by Gasteiger charge is -2.14. The predicted molar refractivity (Wildman–Crippen MR) is 76.0 cm³/mol. The summed E-state index contributed by atoms with van der Waals surface area (Å²) < 4.78 is 5.85. The Kier molecular flexibility index (Phi) is 6.78. The van der Waals surface area contributed by atoms with Gasteiger partial charge < -0.3 is 21.0 Å². The van der Waals surface area contributed by atoms with E-state index in [1.54, 1.807) is 6.07 Å². The molecule has 0 aromatic carbocycles. The Balaban J connectivity index is 2.47. The summed E-state index contributed by atoms with van der Waals surface area (Å²) >= 11 is 0.